The maximum absolute atomic E-state index is 12.5. The first-order valence-corrected chi connectivity index (χ1v) is 8.01. The number of nitrogens with zero attached hydrogens (tertiary/aromatic N) is 4. The molecule has 0 aliphatic carbocycles. The minimum Gasteiger partial charge on any atom is -0.345 e. The lowest BCUT2D eigenvalue weighted by molar-refractivity contribution is -0.142. The fourth-order valence-corrected chi connectivity index (χ4v) is 2.97. The highest BCUT2D eigenvalue weighted by molar-refractivity contribution is 5.83. The average Bonchev–Trinajstić information content (AvgIpc) is 2.92. The molecule has 0 saturated carbocycles. The molecule has 0 aromatic carbocycles. The monoisotopic (exact) mass is 306 g/mol. The molecule has 2 rings (SSSR count). The first kappa shape index (κ1) is 16.5. The number of hydrogen-bond donors (Lipinski definition) is 0. The van der Waals surface area contributed by atoms with Crippen LogP contribution in [0.3, 0.4) is 0 Å². The van der Waals surface area contributed by atoms with E-state index in [0.29, 0.717) is 25.9 Å². The minimum absolute atomic E-state index is 0.0407. The van der Waals surface area contributed by atoms with Crippen LogP contribution in [0, 0.1) is 5.92 Å². The SMILES string of the molecule is CCN1CC(C(=O)N(C)CCCc2cnn(C)c2)CCC1=O. The lowest BCUT2D eigenvalue weighted by Gasteiger charge is -2.33. The Labute approximate surface area is 132 Å². The van der Waals surface area contributed by atoms with Gasteiger partial charge in [-0.3, -0.25) is 14.3 Å². The van der Waals surface area contributed by atoms with Crippen LogP contribution in [0.5, 0.6) is 0 Å². The van der Waals surface area contributed by atoms with Gasteiger partial charge in [0.25, 0.3) is 0 Å². The molecule has 1 aromatic heterocycles. The maximum Gasteiger partial charge on any atom is 0.227 e. The summed E-state index contributed by atoms with van der Waals surface area (Å²) in [5, 5.41) is 4.15. The van der Waals surface area contributed by atoms with Crippen molar-refractivity contribution in [2.24, 2.45) is 13.0 Å². The zero-order valence-electron chi connectivity index (χ0n) is 13.8. The number of amides is 2. The molecule has 0 radical (unpaired) electrons. The Morgan fingerprint density at radius 3 is 2.91 bits per heavy atom. The van der Waals surface area contributed by atoms with Crippen molar-refractivity contribution in [3.8, 4) is 0 Å². The van der Waals surface area contributed by atoms with Gasteiger partial charge in [-0.2, -0.15) is 5.10 Å². The Morgan fingerprint density at radius 1 is 1.50 bits per heavy atom. The highest BCUT2D eigenvalue weighted by Gasteiger charge is 2.30. The molecule has 1 saturated heterocycles. The smallest absolute Gasteiger partial charge is 0.227 e. The second-order valence-corrected chi connectivity index (χ2v) is 6.05. The largest absolute Gasteiger partial charge is 0.345 e. The number of likely N-dealkylation sites (tertiary alicyclic amines) is 1. The summed E-state index contributed by atoms with van der Waals surface area (Å²) in [6.45, 7) is 3.96. The second kappa shape index (κ2) is 7.42. The third-order valence-electron chi connectivity index (χ3n) is 4.32. The summed E-state index contributed by atoms with van der Waals surface area (Å²) in [6.07, 6.45) is 6.91. The molecule has 122 valence electrons. The summed E-state index contributed by atoms with van der Waals surface area (Å²) in [7, 11) is 3.77. The number of aromatic nitrogens is 2. The van der Waals surface area contributed by atoms with Crippen LogP contribution in [0.15, 0.2) is 12.4 Å². The van der Waals surface area contributed by atoms with Crippen LogP contribution >= 0.6 is 0 Å². The topological polar surface area (TPSA) is 58.4 Å². The van der Waals surface area contributed by atoms with Crippen molar-refractivity contribution < 1.29 is 9.59 Å². The summed E-state index contributed by atoms with van der Waals surface area (Å²) < 4.78 is 1.79. The Bertz CT molecular complexity index is 526. The lowest BCUT2D eigenvalue weighted by atomic mass is 9.96. The zero-order chi connectivity index (χ0) is 16.1. The van der Waals surface area contributed by atoms with E-state index in [2.05, 4.69) is 5.10 Å². The van der Waals surface area contributed by atoms with Crippen LogP contribution in [0.4, 0.5) is 0 Å². The van der Waals surface area contributed by atoms with Gasteiger partial charge < -0.3 is 9.80 Å². The molecule has 2 amide bonds. The highest BCUT2D eigenvalue weighted by Crippen LogP contribution is 2.19. The Morgan fingerprint density at radius 2 is 2.27 bits per heavy atom. The van der Waals surface area contributed by atoms with E-state index in [1.54, 1.807) is 9.58 Å². The second-order valence-electron chi connectivity index (χ2n) is 6.05. The summed E-state index contributed by atoms with van der Waals surface area (Å²) in [5.41, 5.74) is 1.20. The van der Waals surface area contributed by atoms with Gasteiger partial charge >= 0.3 is 0 Å². The van der Waals surface area contributed by atoms with Crippen molar-refractivity contribution in [1.82, 2.24) is 19.6 Å². The van der Waals surface area contributed by atoms with Gasteiger partial charge in [0.2, 0.25) is 11.8 Å². The summed E-state index contributed by atoms with van der Waals surface area (Å²) >= 11 is 0. The molecule has 0 N–H and O–H groups in total. The fraction of sp³-hybridized carbons (Fsp3) is 0.688. The van der Waals surface area contributed by atoms with Crippen molar-refractivity contribution in [3.63, 3.8) is 0 Å². The summed E-state index contributed by atoms with van der Waals surface area (Å²) in [6, 6.07) is 0. The normalized spacial score (nSPS) is 18.6. The van der Waals surface area contributed by atoms with Gasteiger partial charge in [0.1, 0.15) is 0 Å². The number of carbonyl (C=O) groups is 2. The molecule has 0 spiro atoms. The van der Waals surface area contributed by atoms with Crippen LogP contribution in [-0.2, 0) is 23.1 Å². The van der Waals surface area contributed by atoms with Crippen molar-refractivity contribution in [2.75, 3.05) is 26.7 Å². The number of carbonyl (C=O) groups excluding carboxylic acids is 2. The summed E-state index contributed by atoms with van der Waals surface area (Å²) in [4.78, 5) is 27.8. The predicted molar refractivity (Wildman–Crippen MR) is 84.1 cm³/mol. The standard InChI is InChI=1S/C16H26N4O2/c1-4-20-12-14(7-8-15(20)21)16(22)18(2)9-5-6-13-10-17-19(3)11-13/h10-11,14H,4-9,12H2,1-3H3. The molecule has 1 atom stereocenters. The first-order chi connectivity index (χ1) is 10.5. The molecular formula is C16H26N4O2. The Balaban J connectivity index is 1.78. The van der Waals surface area contributed by atoms with Gasteiger partial charge in [0, 0.05) is 46.3 Å². The molecule has 1 aromatic rings. The first-order valence-electron chi connectivity index (χ1n) is 8.01. The number of piperidine rings is 1. The van der Waals surface area contributed by atoms with Crippen LogP contribution in [0.1, 0.15) is 31.7 Å². The van der Waals surface area contributed by atoms with E-state index in [9.17, 15) is 9.59 Å². The van der Waals surface area contributed by atoms with Crippen molar-refractivity contribution in [1.29, 1.82) is 0 Å². The maximum atomic E-state index is 12.5. The predicted octanol–water partition coefficient (Wildman–Crippen LogP) is 1.07. The number of hydrogen-bond acceptors (Lipinski definition) is 3. The van der Waals surface area contributed by atoms with E-state index in [1.165, 1.54) is 5.56 Å². The molecule has 1 aliphatic rings. The van der Waals surface area contributed by atoms with Crippen LogP contribution in [0.25, 0.3) is 0 Å². The zero-order valence-corrected chi connectivity index (χ0v) is 13.8. The molecule has 1 fully saturated rings. The van der Waals surface area contributed by atoms with Gasteiger partial charge in [-0.1, -0.05) is 0 Å². The molecule has 1 unspecified atom stereocenters. The fourth-order valence-electron chi connectivity index (χ4n) is 2.97. The van der Waals surface area contributed by atoms with E-state index in [1.807, 2.05) is 38.3 Å². The van der Waals surface area contributed by atoms with Gasteiger partial charge in [0.15, 0.2) is 0 Å². The third kappa shape index (κ3) is 4.08. The van der Waals surface area contributed by atoms with Crippen molar-refractivity contribution in [3.05, 3.63) is 18.0 Å². The van der Waals surface area contributed by atoms with Gasteiger partial charge in [-0.05, 0) is 31.7 Å². The van der Waals surface area contributed by atoms with Gasteiger partial charge in [0.05, 0.1) is 12.1 Å². The molecule has 22 heavy (non-hydrogen) atoms. The van der Waals surface area contributed by atoms with E-state index in [-0.39, 0.29) is 17.7 Å². The molecule has 6 heteroatoms. The van der Waals surface area contributed by atoms with Gasteiger partial charge in [-0.25, -0.2) is 0 Å². The molecule has 6 nitrogen and oxygen atoms in total. The number of rotatable bonds is 6. The average molecular weight is 306 g/mol. The number of aryl methyl sites for hydroxylation is 2. The summed E-state index contributed by atoms with van der Waals surface area (Å²) in [5.74, 6) is 0.295. The third-order valence-corrected chi connectivity index (χ3v) is 4.32. The molecular weight excluding hydrogens is 280 g/mol. The van der Waals surface area contributed by atoms with Crippen LogP contribution in [-0.4, -0.2) is 58.1 Å². The highest BCUT2D eigenvalue weighted by atomic mass is 16.2. The quantitative estimate of drug-likeness (QED) is 0.790. The van der Waals surface area contributed by atoms with E-state index < -0.39 is 0 Å². The molecule has 1 aliphatic heterocycles. The van der Waals surface area contributed by atoms with Crippen LogP contribution in [0.2, 0.25) is 0 Å². The Kier molecular flexibility index (Phi) is 5.57. The van der Waals surface area contributed by atoms with Gasteiger partial charge in [-0.15, -0.1) is 0 Å². The van der Waals surface area contributed by atoms with E-state index in [0.717, 1.165) is 19.4 Å². The molecule has 2 heterocycles. The van der Waals surface area contributed by atoms with Crippen molar-refractivity contribution >= 4 is 11.8 Å². The van der Waals surface area contributed by atoms with E-state index >= 15 is 0 Å². The Hall–Kier alpha value is -1.85. The molecule has 0 bridgehead atoms. The van der Waals surface area contributed by atoms with Crippen LogP contribution < -0.4 is 0 Å². The van der Waals surface area contributed by atoms with E-state index in [4.69, 9.17) is 0 Å². The lowest BCUT2D eigenvalue weighted by Crippen LogP contribution is -2.46. The van der Waals surface area contributed by atoms with Crippen molar-refractivity contribution in [2.45, 2.75) is 32.6 Å². The minimum atomic E-state index is -0.0407.